The Balaban J connectivity index is 1.83. The van der Waals surface area contributed by atoms with Crippen LogP contribution in [0.4, 0.5) is 0 Å². The van der Waals surface area contributed by atoms with Crippen LogP contribution in [0.25, 0.3) is 0 Å². The van der Waals surface area contributed by atoms with E-state index in [1.54, 1.807) is 26.6 Å². The summed E-state index contributed by atoms with van der Waals surface area (Å²) in [5.41, 5.74) is 1.03. The lowest BCUT2D eigenvalue weighted by molar-refractivity contribution is -0.121. The average molecular weight is 289 g/mol. The summed E-state index contributed by atoms with van der Waals surface area (Å²) in [7, 11) is 3.19. The standard InChI is InChI=1S/C15H19N3O3/c1-20-12-5-3-11(9-13(12)21-2)4-6-15(19)18-10-14-16-7-8-17-14/h3,5,7-9H,4,6,10H2,1-2H3,(H,16,17)(H,18,19). The summed E-state index contributed by atoms with van der Waals surface area (Å²) >= 11 is 0. The maximum absolute atomic E-state index is 11.8. The first-order valence-corrected chi connectivity index (χ1v) is 6.68. The van der Waals surface area contributed by atoms with Gasteiger partial charge in [-0.2, -0.15) is 0 Å². The van der Waals surface area contributed by atoms with E-state index in [4.69, 9.17) is 9.47 Å². The van der Waals surface area contributed by atoms with Crippen LogP contribution < -0.4 is 14.8 Å². The van der Waals surface area contributed by atoms with Crippen LogP contribution in [0.2, 0.25) is 0 Å². The van der Waals surface area contributed by atoms with E-state index in [0.29, 0.717) is 30.9 Å². The van der Waals surface area contributed by atoms with Crippen molar-refractivity contribution in [1.82, 2.24) is 15.3 Å². The number of nitrogens with zero attached hydrogens (tertiary/aromatic N) is 1. The largest absolute Gasteiger partial charge is 0.493 e. The molecule has 1 amide bonds. The molecule has 0 atom stereocenters. The molecule has 0 unspecified atom stereocenters. The first-order chi connectivity index (χ1) is 10.2. The Morgan fingerprint density at radius 3 is 2.76 bits per heavy atom. The molecule has 6 nitrogen and oxygen atoms in total. The molecule has 2 N–H and O–H groups in total. The van der Waals surface area contributed by atoms with E-state index < -0.39 is 0 Å². The van der Waals surface area contributed by atoms with E-state index in [0.717, 1.165) is 11.4 Å². The predicted molar refractivity (Wildman–Crippen MR) is 78.3 cm³/mol. The van der Waals surface area contributed by atoms with Gasteiger partial charge in [-0.3, -0.25) is 4.79 Å². The Morgan fingerprint density at radius 2 is 2.10 bits per heavy atom. The fourth-order valence-corrected chi connectivity index (χ4v) is 1.96. The number of hydrogen-bond acceptors (Lipinski definition) is 4. The van der Waals surface area contributed by atoms with Gasteiger partial charge in [0.2, 0.25) is 5.91 Å². The molecule has 2 rings (SSSR count). The van der Waals surface area contributed by atoms with Gasteiger partial charge in [-0.1, -0.05) is 6.07 Å². The molecule has 0 saturated carbocycles. The van der Waals surface area contributed by atoms with Gasteiger partial charge in [0.25, 0.3) is 0 Å². The molecule has 0 bridgehead atoms. The van der Waals surface area contributed by atoms with Crippen LogP contribution in [0.15, 0.2) is 30.6 Å². The van der Waals surface area contributed by atoms with Crippen LogP contribution in [-0.2, 0) is 17.8 Å². The Bertz CT molecular complexity index is 582. The van der Waals surface area contributed by atoms with Gasteiger partial charge < -0.3 is 19.8 Å². The maximum atomic E-state index is 11.8. The Kier molecular flexibility index (Phi) is 5.20. The fourth-order valence-electron chi connectivity index (χ4n) is 1.96. The third kappa shape index (κ3) is 4.24. The van der Waals surface area contributed by atoms with Crippen molar-refractivity contribution >= 4 is 5.91 Å². The average Bonchev–Trinajstić information content (AvgIpc) is 3.04. The minimum absolute atomic E-state index is 0.0128. The highest BCUT2D eigenvalue weighted by Gasteiger charge is 2.07. The molecule has 112 valence electrons. The van der Waals surface area contributed by atoms with Crippen LogP contribution in [-0.4, -0.2) is 30.1 Å². The zero-order valence-electron chi connectivity index (χ0n) is 12.2. The molecular formula is C15H19N3O3. The summed E-state index contributed by atoms with van der Waals surface area (Å²) in [6.45, 7) is 0.414. The molecule has 0 aliphatic carbocycles. The van der Waals surface area contributed by atoms with Crippen molar-refractivity contribution in [3.63, 3.8) is 0 Å². The normalized spacial score (nSPS) is 10.2. The molecule has 1 aromatic carbocycles. The number of methoxy groups -OCH3 is 2. The molecule has 0 aliphatic rings. The summed E-state index contributed by atoms with van der Waals surface area (Å²) in [6.07, 6.45) is 4.44. The third-order valence-corrected chi connectivity index (χ3v) is 3.10. The molecule has 0 spiro atoms. The second kappa shape index (κ2) is 7.33. The first-order valence-electron chi connectivity index (χ1n) is 6.68. The molecule has 2 aromatic rings. The molecule has 0 radical (unpaired) electrons. The van der Waals surface area contributed by atoms with Crippen molar-refractivity contribution in [3.05, 3.63) is 42.0 Å². The number of aromatic nitrogens is 2. The smallest absolute Gasteiger partial charge is 0.220 e. The number of aromatic amines is 1. The Labute approximate surface area is 123 Å². The van der Waals surface area contributed by atoms with Gasteiger partial charge in [-0.25, -0.2) is 4.98 Å². The monoisotopic (exact) mass is 289 g/mol. The second-order valence-electron chi connectivity index (χ2n) is 4.50. The molecule has 6 heteroatoms. The lowest BCUT2D eigenvalue weighted by Gasteiger charge is -2.09. The van der Waals surface area contributed by atoms with E-state index in [1.165, 1.54) is 0 Å². The molecule has 0 fully saturated rings. The van der Waals surface area contributed by atoms with Crippen molar-refractivity contribution in [2.75, 3.05) is 14.2 Å². The van der Waals surface area contributed by atoms with Crippen molar-refractivity contribution < 1.29 is 14.3 Å². The summed E-state index contributed by atoms with van der Waals surface area (Å²) in [6, 6.07) is 5.66. The second-order valence-corrected chi connectivity index (χ2v) is 4.50. The maximum Gasteiger partial charge on any atom is 0.220 e. The molecular weight excluding hydrogens is 270 g/mol. The number of carbonyl (C=O) groups excluding carboxylic acids is 1. The summed E-state index contributed by atoms with van der Waals surface area (Å²) in [4.78, 5) is 18.8. The minimum atomic E-state index is -0.0128. The molecule has 21 heavy (non-hydrogen) atoms. The molecule has 1 heterocycles. The fraction of sp³-hybridized carbons (Fsp3) is 0.333. The van der Waals surface area contributed by atoms with Crippen molar-refractivity contribution in [1.29, 1.82) is 0 Å². The molecule has 0 saturated heterocycles. The topological polar surface area (TPSA) is 76.2 Å². The highest BCUT2D eigenvalue weighted by molar-refractivity contribution is 5.76. The quantitative estimate of drug-likeness (QED) is 0.813. The van der Waals surface area contributed by atoms with Gasteiger partial charge in [0.05, 0.1) is 20.8 Å². The van der Waals surface area contributed by atoms with E-state index in [9.17, 15) is 4.79 Å². The number of H-pyrrole nitrogens is 1. The number of amides is 1. The Hall–Kier alpha value is -2.50. The van der Waals surface area contributed by atoms with Gasteiger partial charge in [0, 0.05) is 18.8 Å². The first kappa shape index (κ1) is 14.9. The predicted octanol–water partition coefficient (Wildman–Crippen LogP) is 1.68. The van der Waals surface area contributed by atoms with Crippen LogP contribution in [0.3, 0.4) is 0 Å². The minimum Gasteiger partial charge on any atom is -0.493 e. The van der Waals surface area contributed by atoms with E-state index in [2.05, 4.69) is 15.3 Å². The van der Waals surface area contributed by atoms with Gasteiger partial charge >= 0.3 is 0 Å². The summed E-state index contributed by atoms with van der Waals surface area (Å²) in [5, 5.41) is 2.82. The van der Waals surface area contributed by atoms with Gasteiger partial charge in [-0.05, 0) is 24.1 Å². The zero-order valence-corrected chi connectivity index (χ0v) is 12.2. The number of nitrogens with one attached hydrogen (secondary N) is 2. The number of hydrogen-bond donors (Lipinski definition) is 2. The van der Waals surface area contributed by atoms with E-state index >= 15 is 0 Å². The third-order valence-electron chi connectivity index (χ3n) is 3.10. The number of rotatable bonds is 7. The number of benzene rings is 1. The molecule has 1 aromatic heterocycles. The number of carbonyl (C=O) groups is 1. The van der Waals surface area contributed by atoms with Crippen LogP contribution in [0.5, 0.6) is 11.5 Å². The highest BCUT2D eigenvalue weighted by Crippen LogP contribution is 2.27. The van der Waals surface area contributed by atoms with Crippen LogP contribution in [0, 0.1) is 0 Å². The SMILES string of the molecule is COc1ccc(CCC(=O)NCc2ncc[nH]2)cc1OC. The van der Waals surface area contributed by atoms with Crippen molar-refractivity contribution in [3.8, 4) is 11.5 Å². The summed E-state index contributed by atoms with van der Waals surface area (Å²) < 4.78 is 10.4. The van der Waals surface area contributed by atoms with Gasteiger partial charge in [0.15, 0.2) is 11.5 Å². The number of ether oxygens (including phenoxy) is 2. The van der Waals surface area contributed by atoms with Crippen molar-refractivity contribution in [2.24, 2.45) is 0 Å². The van der Waals surface area contributed by atoms with E-state index in [-0.39, 0.29) is 5.91 Å². The van der Waals surface area contributed by atoms with Crippen molar-refractivity contribution in [2.45, 2.75) is 19.4 Å². The van der Waals surface area contributed by atoms with Crippen LogP contribution in [0.1, 0.15) is 17.8 Å². The van der Waals surface area contributed by atoms with Gasteiger partial charge in [0.1, 0.15) is 5.82 Å². The zero-order chi connectivity index (χ0) is 15.1. The van der Waals surface area contributed by atoms with Gasteiger partial charge in [-0.15, -0.1) is 0 Å². The highest BCUT2D eigenvalue weighted by atomic mass is 16.5. The lowest BCUT2D eigenvalue weighted by Crippen LogP contribution is -2.23. The molecule has 0 aliphatic heterocycles. The number of aryl methyl sites for hydroxylation is 1. The number of imidazole rings is 1. The lowest BCUT2D eigenvalue weighted by atomic mass is 10.1. The summed E-state index contributed by atoms with van der Waals surface area (Å²) in [5.74, 6) is 2.09. The Morgan fingerprint density at radius 1 is 1.29 bits per heavy atom. The van der Waals surface area contributed by atoms with E-state index in [1.807, 2.05) is 18.2 Å². The van der Waals surface area contributed by atoms with Crippen LogP contribution >= 0.6 is 0 Å².